The van der Waals surface area contributed by atoms with Gasteiger partial charge in [-0.2, -0.15) is 5.10 Å². The molecule has 174 valence electrons. The molecule has 7 nitrogen and oxygen atoms in total. The summed E-state index contributed by atoms with van der Waals surface area (Å²) in [7, 11) is -3.84. The molecule has 0 spiro atoms. The molecule has 0 saturated heterocycles. The molecule has 0 saturated carbocycles. The van der Waals surface area contributed by atoms with Crippen molar-refractivity contribution in [2.24, 2.45) is 0 Å². The molecule has 0 aliphatic rings. The lowest BCUT2D eigenvalue weighted by molar-refractivity contribution is -0.115. The van der Waals surface area contributed by atoms with Gasteiger partial charge in [-0.1, -0.05) is 42.5 Å². The van der Waals surface area contributed by atoms with Crippen LogP contribution in [0.5, 0.6) is 0 Å². The van der Waals surface area contributed by atoms with Crippen LogP contribution in [-0.2, 0) is 27.8 Å². The van der Waals surface area contributed by atoms with Gasteiger partial charge >= 0.3 is 0 Å². The number of nitrogens with one attached hydrogen (secondary N) is 2. The number of halogens is 1. The van der Waals surface area contributed by atoms with Crippen LogP contribution in [0.3, 0.4) is 0 Å². The number of aromatic nitrogens is 2. The molecule has 0 atom stereocenters. The molecule has 1 amide bonds. The predicted molar refractivity (Wildman–Crippen MR) is 128 cm³/mol. The van der Waals surface area contributed by atoms with Crippen molar-refractivity contribution >= 4 is 27.4 Å². The number of benzene rings is 3. The zero-order valence-corrected chi connectivity index (χ0v) is 19.2. The van der Waals surface area contributed by atoms with Gasteiger partial charge in [0, 0.05) is 11.8 Å². The van der Waals surface area contributed by atoms with Gasteiger partial charge in [-0.3, -0.25) is 9.52 Å². The third kappa shape index (κ3) is 5.87. The van der Waals surface area contributed by atoms with Crippen LogP contribution in [0, 0.1) is 12.7 Å². The molecule has 0 aliphatic heterocycles. The highest BCUT2D eigenvalue weighted by Crippen LogP contribution is 2.18. The van der Waals surface area contributed by atoms with Crippen LogP contribution in [-0.4, -0.2) is 24.1 Å². The van der Waals surface area contributed by atoms with Crippen molar-refractivity contribution in [1.82, 2.24) is 9.78 Å². The number of sulfonamides is 1. The molecule has 1 heterocycles. The second-order valence-electron chi connectivity index (χ2n) is 7.80. The molecule has 9 heteroatoms. The van der Waals surface area contributed by atoms with Crippen molar-refractivity contribution in [3.05, 3.63) is 108 Å². The normalized spacial score (nSPS) is 11.2. The number of rotatable bonds is 8. The lowest BCUT2D eigenvalue weighted by Gasteiger charge is -2.10. The molecule has 0 aliphatic carbocycles. The number of aryl methyl sites for hydroxylation is 1. The van der Waals surface area contributed by atoms with E-state index in [2.05, 4.69) is 15.1 Å². The van der Waals surface area contributed by atoms with Crippen molar-refractivity contribution in [3.8, 4) is 0 Å². The van der Waals surface area contributed by atoms with Gasteiger partial charge in [0.2, 0.25) is 5.91 Å². The van der Waals surface area contributed by atoms with E-state index >= 15 is 0 Å². The Balaban J connectivity index is 1.38. The van der Waals surface area contributed by atoms with Crippen molar-refractivity contribution in [1.29, 1.82) is 0 Å². The highest BCUT2D eigenvalue weighted by atomic mass is 32.2. The Labute approximate surface area is 197 Å². The Bertz CT molecular complexity index is 1380. The van der Waals surface area contributed by atoms with Gasteiger partial charge in [-0.05, 0) is 54.4 Å². The summed E-state index contributed by atoms with van der Waals surface area (Å²) in [5, 5.41) is 7.36. The molecule has 34 heavy (non-hydrogen) atoms. The molecule has 0 unspecified atom stereocenters. The average Bonchev–Trinajstić information content (AvgIpc) is 3.14. The molecule has 0 bridgehead atoms. The van der Waals surface area contributed by atoms with Crippen LogP contribution in [0.15, 0.2) is 89.8 Å². The molecule has 2 N–H and O–H groups in total. The van der Waals surface area contributed by atoms with E-state index < -0.39 is 15.8 Å². The smallest absolute Gasteiger partial charge is 0.261 e. The molecule has 3 aromatic carbocycles. The number of amides is 1. The fraction of sp³-hybridized carbons (Fsp3) is 0.120. The second-order valence-corrected chi connectivity index (χ2v) is 9.48. The molecule has 1 aromatic heterocycles. The summed E-state index contributed by atoms with van der Waals surface area (Å²) in [6, 6.07) is 22.7. The first-order chi connectivity index (χ1) is 16.3. The number of anilines is 2. The summed E-state index contributed by atoms with van der Waals surface area (Å²) in [6.45, 7) is 2.40. The standard InChI is InChI=1S/C25H23FN4O3S/c1-18-15-24(30(28-18)17-20-5-3-2-4-6-20)27-25(31)16-19-7-11-22(12-8-19)29-34(32,33)23-13-9-21(26)10-14-23/h2-15,29H,16-17H2,1H3,(H,27,31). The third-order valence-corrected chi connectivity index (χ3v) is 6.44. The summed E-state index contributed by atoms with van der Waals surface area (Å²) in [5.74, 6) is -0.122. The van der Waals surface area contributed by atoms with Crippen molar-refractivity contribution in [2.45, 2.75) is 24.8 Å². The van der Waals surface area contributed by atoms with Gasteiger partial charge < -0.3 is 5.32 Å². The van der Waals surface area contributed by atoms with E-state index in [-0.39, 0.29) is 17.2 Å². The van der Waals surface area contributed by atoms with Crippen LogP contribution in [0.25, 0.3) is 0 Å². The molecular formula is C25H23FN4O3S. The molecule has 0 radical (unpaired) electrons. The third-order valence-electron chi connectivity index (χ3n) is 5.04. The Hall–Kier alpha value is -3.98. The number of carbonyl (C=O) groups excluding carboxylic acids is 1. The van der Waals surface area contributed by atoms with E-state index in [1.807, 2.05) is 43.3 Å². The quantitative estimate of drug-likeness (QED) is 0.394. The van der Waals surface area contributed by atoms with E-state index in [0.29, 0.717) is 23.6 Å². The van der Waals surface area contributed by atoms with E-state index in [1.165, 1.54) is 12.1 Å². The Morgan fingerprint density at radius 1 is 0.941 bits per heavy atom. The fourth-order valence-electron chi connectivity index (χ4n) is 3.41. The first-order valence-electron chi connectivity index (χ1n) is 10.5. The average molecular weight is 479 g/mol. The van der Waals surface area contributed by atoms with Gasteiger partial charge in [0.15, 0.2) is 0 Å². The van der Waals surface area contributed by atoms with Crippen molar-refractivity contribution < 1.29 is 17.6 Å². The molecule has 4 rings (SSSR count). The van der Waals surface area contributed by atoms with Gasteiger partial charge in [0.1, 0.15) is 11.6 Å². The van der Waals surface area contributed by atoms with Crippen LogP contribution in [0.2, 0.25) is 0 Å². The summed E-state index contributed by atoms with van der Waals surface area (Å²) in [5.41, 5.74) is 2.92. The zero-order valence-electron chi connectivity index (χ0n) is 18.4. The minimum Gasteiger partial charge on any atom is -0.311 e. The number of hydrogen-bond donors (Lipinski definition) is 2. The lowest BCUT2D eigenvalue weighted by atomic mass is 10.1. The van der Waals surface area contributed by atoms with Gasteiger partial charge in [-0.15, -0.1) is 0 Å². The maximum Gasteiger partial charge on any atom is 0.261 e. The molecule has 4 aromatic rings. The summed E-state index contributed by atoms with van der Waals surface area (Å²) in [4.78, 5) is 12.6. The SMILES string of the molecule is Cc1cc(NC(=O)Cc2ccc(NS(=O)(=O)c3ccc(F)cc3)cc2)n(Cc2ccccc2)n1. The fourth-order valence-corrected chi connectivity index (χ4v) is 4.47. The first kappa shape index (κ1) is 23.2. The minimum absolute atomic E-state index is 0.0419. The van der Waals surface area contributed by atoms with Gasteiger partial charge in [0.25, 0.3) is 10.0 Å². The minimum atomic E-state index is -3.84. The maximum atomic E-state index is 13.1. The number of hydrogen-bond acceptors (Lipinski definition) is 4. The zero-order chi connectivity index (χ0) is 24.1. The largest absolute Gasteiger partial charge is 0.311 e. The first-order valence-corrected chi connectivity index (χ1v) is 12.0. The summed E-state index contributed by atoms with van der Waals surface area (Å²) < 4.78 is 42.1. The van der Waals surface area contributed by atoms with Crippen LogP contribution in [0.1, 0.15) is 16.8 Å². The summed E-state index contributed by atoms with van der Waals surface area (Å²) in [6.07, 6.45) is 0.112. The summed E-state index contributed by atoms with van der Waals surface area (Å²) >= 11 is 0. The molecule has 0 fully saturated rings. The molecular weight excluding hydrogens is 455 g/mol. The van der Waals surface area contributed by atoms with Crippen molar-refractivity contribution in [2.75, 3.05) is 10.0 Å². The van der Waals surface area contributed by atoms with Crippen molar-refractivity contribution in [3.63, 3.8) is 0 Å². The lowest BCUT2D eigenvalue weighted by Crippen LogP contribution is -2.18. The van der Waals surface area contributed by atoms with Crippen LogP contribution < -0.4 is 10.0 Å². The second kappa shape index (κ2) is 9.88. The highest BCUT2D eigenvalue weighted by molar-refractivity contribution is 7.92. The van der Waals surface area contributed by atoms with Gasteiger partial charge in [-0.25, -0.2) is 17.5 Å². The Morgan fingerprint density at radius 2 is 1.62 bits per heavy atom. The van der Waals surface area contributed by atoms with Crippen LogP contribution >= 0.6 is 0 Å². The number of carbonyl (C=O) groups is 1. The Morgan fingerprint density at radius 3 is 2.29 bits per heavy atom. The van der Waals surface area contributed by atoms with E-state index in [1.54, 1.807) is 28.9 Å². The van der Waals surface area contributed by atoms with Crippen LogP contribution in [0.4, 0.5) is 15.9 Å². The van der Waals surface area contributed by atoms with E-state index in [4.69, 9.17) is 0 Å². The van der Waals surface area contributed by atoms with E-state index in [0.717, 1.165) is 23.4 Å². The highest BCUT2D eigenvalue weighted by Gasteiger charge is 2.15. The Kier molecular flexibility index (Phi) is 6.74. The maximum absolute atomic E-state index is 13.1. The topological polar surface area (TPSA) is 93.1 Å². The van der Waals surface area contributed by atoms with E-state index in [9.17, 15) is 17.6 Å². The monoisotopic (exact) mass is 478 g/mol. The number of nitrogens with zero attached hydrogens (tertiary/aromatic N) is 2. The van der Waals surface area contributed by atoms with Gasteiger partial charge in [0.05, 0.1) is 23.6 Å². The predicted octanol–water partition coefficient (Wildman–Crippen LogP) is 4.36.